The van der Waals surface area contributed by atoms with E-state index in [1.54, 1.807) is 18.2 Å². The number of aliphatic hydroxyl groups is 1. The molecule has 0 heterocycles. The van der Waals surface area contributed by atoms with Crippen molar-refractivity contribution in [3.05, 3.63) is 36.5 Å². The molecule has 0 rings (SSSR count). The zero-order chi connectivity index (χ0) is 29.8. The van der Waals surface area contributed by atoms with Crippen LogP contribution in [0.25, 0.3) is 0 Å². The summed E-state index contributed by atoms with van der Waals surface area (Å²) in [5.41, 5.74) is 0. The molecule has 230 valence electrons. The van der Waals surface area contributed by atoms with Gasteiger partial charge in [0.05, 0.1) is 32.5 Å². The monoisotopic (exact) mass is 564 g/mol. The molecule has 3 atom stereocenters. The minimum atomic E-state index is -0.380. The van der Waals surface area contributed by atoms with Gasteiger partial charge in [-0.15, -0.1) is 0 Å². The van der Waals surface area contributed by atoms with Crippen molar-refractivity contribution in [1.82, 2.24) is 0 Å². The SMILES string of the molecule is CCCCCCC(C/C=C/CC(=O)OC)OC(=O)C/C=C/CC(CCCCCC)OC(=O)C/C=C/CC(O)CC. The Labute approximate surface area is 243 Å². The summed E-state index contributed by atoms with van der Waals surface area (Å²) >= 11 is 0. The predicted molar refractivity (Wildman–Crippen MR) is 161 cm³/mol. The lowest BCUT2D eigenvalue weighted by Crippen LogP contribution is -2.18. The minimum absolute atomic E-state index is 0.163. The fraction of sp³-hybridized carbons (Fsp3) is 0.727. The van der Waals surface area contributed by atoms with Crippen molar-refractivity contribution < 1.29 is 33.7 Å². The molecule has 0 bridgehead atoms. The van der Waals surface area contributed by atoms with E-state index in [0.717, 1.165) is 64.2 Å². The van der Waals surface area contributed by atoms with Gasteiger partial charge in [0.25, 0.3) is 0 Å². The molecule has 1 N–H and O–H groups in total. The second-order valence-corrected chi connectivity index (χ2v) is 10.3. The van der Waals surface area contributed by atoms with Crippen LogP contribution in [0, 0.1) is 0 Å². The topological polar surface area (TPSA) is 99.1 Å². The molecular weight excluding hydrogens is 508 g/mol. The third kappa shape index (κ3) is 23.5. The lowest BCUT2D eigenvalue weighted by Gasteiger charge is -2.17. The van der Waals surface area contributed by atoms with E-state index in [4.69, 9.17) is 9.47 Å². The molecule has 0 saturated carbocycles. The maximum Gasteiger partial charge on any atom is 0.309 e. The van der Waals surface area contributed by atoms with Gasteiger partial charge in [-0.2, -0.15) is 0 Å². The van der Waals surface area contributed by atoms with Gasteiger partial charge in [-0.25, -0.2) is 0 Å². The van der Waals surface area contributed by atoms with Crippen molar-refractivity contribution in [2.24, 2.45) is 0 Å². The van der Waals surface area contributed by atoms with Crippen molar-refractivity contribution in [3.63, 3.8) is 0 Å². The van der Waals surface area contributed by atoms with Crippen LogP contribution in [0.15, 0.2) is 36.5 Å². The van der Waals surface area contributed by atoms with Gasteiger partial charge in [0.15, 0.2) is 0 Å². The number of methoxy groups -OCH3 is 1. The molecule has 0 fully saturated rings. The quantitative estimate of drug-likeness (QED) is 0.0525. The fourth-order valence-electron chi connectivity index (χ4n) is 4.05. The Morgan fingerprint density at radius 1 is 0.600 bits per heavy atom. The van der Waals surface area contributed by atoms with E-state index in [1.807, 2.05) is 25.2 Å². The van der Waals surface area contributed by atoms with E-state index in [9.17, 15) is 19.5 Å². The summed E-state index contributed by atoms with van der Waals surface area (Å²) < 4.78 is 16.1. The number of carbonyl (C=O) groups excluding carboxylic acids is 3. The highest BCUT2D eigenvalue weighted by molar-refractivity contribution is 5.72. The van der Waals surface area contributed by atoms with Crippen molar-refractivity contribution in [2.45, 2.75) is 148 Å². The van der Waals surface area contributed by atoms with Gasteiger partial charge in [-0.05, 0) is 38.5 Å². The number of unbranched alkanes of at least 4 members (excludes halogenated alkanes) is 6. The third-order valence-corrected chi connectivity index (χ3v) is 6.61. The summed E-state index contributed by atoms with van der Waals surface area (Å²) in [6.07, 6.45) is 23.3. The van der Waals surface area contributed by atoms with E-state index in [0.29, 0.717) is 25.7 Å². The number of hydrogen-bond acceptors (Lipinski definition) is 7. The highest BCUT2D eigenvalue weighted by Gasteiger charge is 2.14. The van der Waals surface area contributed by atoms with Crippen LogP contribution in [-0.2, 0) is 28.6 Å². The molecule has 3 unspecified atom stereocenters. The van der Waals surface area contributed by atoms with Gasteiger partial charge >= 0.3 is 17.9 Å². The molecule has 40 heavy (non-hydrogen) atoms. The van der Waals surface area contributed by atoms with E-state index < -0.39 is 0 Å². The molecule has 0 aliphatic carbocycles. The van der Waals surface area contributed by atoms with E-state index in [2.05, 4.69) is 18.6 Å². The first-order chi connectivity index (χ1) is 19.4. The van der Waals surface area contributed by atoms with Crippen LogP contribution in [0.2, 0.25) is 0 Å². The summed E-state index contributed by atoms with van der Waals surface area (Å²) in [5, 5.41) is 9.62. The van der Waals surface area contributed by atoms with Gasteiger partial charge in [0.2, 0.25) is 0 Å². The molecule has 0 radical (unpaired) electrons. The van der Waals surface area contributed by atoms with Crippen LogP contribution < -0.4 is 0 Å². The van der Waals surface area contributed by atoms with Gasteiger partial charge in [-0.3, -0.25) is 14.4 Å². The first-order valence-corrected chi connectivity index (χ1v) is 15.4. The first kappa shape index (κ1) is 37.6. The number of ether oxygens (including phenoxy) is 3. The Kier molecular flexibility index (Phi) is 25.2. The number of carbonyl (C=O) groups is 3. The Hall–Kier alpha value is -2.41. The minimum Gasteiger partial charge on any atom is -0.469 e. The first-order valence-electron chi connectivity index (χ1n) is 15.4. The summed E-state index contributed by atoms with van der Waals surface area (Å²) in [7, 11) is 1.36. The Balaban J connectivity index is 4.80. The van der Waals surface area contributed by atoms with Gasteiger partial charge in [0.1, 0.15) is 12.2 Å². The number of rotatable bonds is 25. The van der Waals surface area contributed by atoms with Crippen molar-refractivity contribution >= 4 is 17.9 Å². The summed E-state index contributed by atoms with van der Waals surface area (Å²) in [4.78, 5) is 36.2. The smallest absolute Gasteiger partial charge is 0.309 e. The second kappa shape index (κ2) is 26.8. The molecule has 0 aliphatic rings. The number of esters is 3. The number of hydrogen-bond donors (Lipinski definition) is 1. The summed E-state index contributed by atoms with van der Waals surface area (Å²) in [6.45, 7) is 6.24. The van der Waals surface area contributed by atoms with Gasteiger partial charge < -0.3 is 19.3 Å². The Morgan fingerprint density at radius 3 is 1.43 bits per heavy atom. The molecule has 0 aromatic rings. The molecule has 0 aromatic heterocycles. The highest BCUT2D eigenvalue weighted by Crippen LogP contribution is 2.15. The molecule has 0 amide bonds. The predicted octanol–water partition coefficient (Wildman–Crippen LogP) is 7.70. The maximum atomic E-state index is 12.5. The van der Waals surface area contributed by atoms with E-state index >= 15 is 0 Å². The largest absolute Gasteiger partial charge is 0.469 e. The Morgan fingerprint density at radius 2 is 1.02 bits per heavy atom. The standard InChI is InChI=1S/C33H56O7/c1-5-8-10-12-21-29(23-15-18-25-31(35)38-4)40-33(37)27-19-16-24-30(22-13-11-9-6-2)39-32(36)26-17-14-20-28(34)7-3/h14-19,28-30,34H,5-13,20-27H2,1-4H3/b17-14+,18-15+,19-16+. The molecular formula is C33H56O7. The summed E-state index contributed by atoms with van der Waals surface area (Å²) in [5.74, 6) is -0.855. The van der Waals surface area contributed by atoms with Gasteiger partial charge in [-0.1, -0.05) is 95.8 Å². The Bertz CT molecular complexity index is 741. The molecule has 0 aromatic carbocycles. The highest BCUT2D eigenvalue weighted by atomic mass is 16.5. The van der Waals surface area contributed by atoms with Gasteiger partial charge in [0, 0.05) is 12.8 Å². The van der Waals surface area contributed by atoms with Crippen molar-refractivity contribution in [2.75, 3.05) is 7.11 Å². The molecule has 0 saturated heterocycles. The van der Waals surface area contributed by atoms with Crippen LogP contribution in [0.5, 0.6) is 0 Å². The van der Waals surface area contributed by atoms with E-state index in [-0.39, 0.29) is 55.5 Å². The fourth-order valence-corrected chi connectivity index (χ4v) is 4.05. The normalized spacial score (nSPS) is 14.0. The van der Waals surface area contributed by atoms with Crippen LogP contribution in [-0.4, -0.2) is 48.4 Å². The van der Waals surface area contributed by atoms with Crippen molar-refractivity contribution in [1.29, 1.82) is 0 Å². The van der Waals surface area contributed by atoms with Crippen LogP contribution in [0.1, 0.15) is 130 Å². The average Bonchev–Trinajstić information content (AvgIpc) is 2.95. The second-order valence-electron chi connectivity index (χ2n) is 10.3. The lowest BCUT2D eigenvalue weighted by molar-refractivity contribution is -0.149. The molecule has 7 heteroatoms. The molecule has 0 spiro atoms. The summed E-state index contributed by atoms with van der Waals surface area (Å²) in [6, 6.07) is 0. The lowest BCUT2D eigenvalue weighted by atomic mass is 10.1. The third-order valence-electron chi connectivity index (χ3n) is 6.61. The van der Waals surface area contributed by atoms with Crippen LogP contribution in [0.3, 0.4) is 0 Å². The molecule has 0 aliphatic heterocycles. The van der Waals surface area contributed by atoms with E-state index in [1.165, 1.54) is 7.11 Å². The zero-order valence-electron chi connectivity index (χ0n) is 25.6. The average molecular weight is 565 g/mol. The maximum absolute atomic E-state index is 12.5. The van der Waals surface area contributed by atoms with Crippen LogP contribution >= 0.6 is 0 Å². The van der Waals surface area contributed by atoms with Crippen LogP contribution in [0.4, 0.5) is 0 Å². The molecule has 7 nitrogen and oxygen atoms in total. The zero-order valence-corrected chi connectivity index (χ0v) is 25.6. The number of aliphatic hydroxyl groups excluding tert-OH is 1. The van der Waals surface area contributed by atoms with Crippen molar-refractivity contribution in [3.8, 4) is 0 Å².